The van der Waals surface area contributed by atoms with Gasteiger partial charge in [-0.15, -0.1) is 0 Å². The van der Waals surface area contributed by atoms with Crippen LogP contribution < -0.4 is 157 Å². The first-order chi connectivity index (χ1) is 48.3. The average Bonchev–Trinajstić information content (AvgIpc) is 0.880. The molecule has 3 aliphatic rings. The van der Waals surface area contributed by atoms with Crippen LogP contribution in [0.3, 0.4) is 0 Å². The number of piperazine rings is 3. The number of hydrogen-bond acceptors (Lipinski definition) is 33. The van der Waals surface area contributed by atoms with Crippen molar-refractivity contribution in [1.29, 1.82) is 0 Å². The number of ether oxygens (including phenoxy) is 5. The number of carboxylic acid groups (broad SMARTS) is 1. The van der Waals surface area contributed by atoms with Crippen molar-refractivity contribution in [3.8, 4) is 0 Å². The van der Waals surface area contributed by atoms with Gasteiger partial charge in [0.1, 0.15) is 16.8 Å². The van der Waals surface area contributed by atoms with Crippen LogP contribution in [-0.2, 0) is 53.0 Å². The second-order valence-electron chi connectivity index (χ2n) is 25.6. The van der Waals surface area contributed by atoms with E-state index in [-0.39, 0.29) is 164 Å². The van der Waals surface area contributed by atoms with Gasteiger partial charge in [-0.2, -0.15) is 0 Å². The number of carboxylic acids is 1. The van der Waals surface area contributed by atoms with Crippen molar-refractivity contribution in [3.63, 3.8) is 0 Å². The van der Waals surface area contributed by atoms with E-state index >= 15 is 0 Å². The summed E-state index contributed by atoms with van der Waals surface area (Å²) in [6.45, 7) is 30.9. The average molecular weight is 1560 g/mol. The van der Waals surface area contributed by atoms with Gasteiger partial charge in [0.25, 0.3) is 6.47 Å². The molecule has 5 N–H and O–H groups in total. The number of rotatable bonds is 17. The summed E-state index contributed by atoms with van der Waals surface area (Å²) in [4.78, 5) is 147. The molecule has 0 spiro atoms. The van der Waals surface area contributed by atoms with Crippen LogP contribution in [0, 0.1) is 0 Å². The van der Waals surface area contributed by atoms with Crippen LogP contribution in [0.15, 0.2) is 74.4 Å². The minimum atomic E-state index is -1.05. The first-order valence-corrected chi connectivity index (χ1v) is 32.8. The van der Waals surface area contributed by atoms with E-state index in [1.165, 1.54) is 51.9 Å². The smallest absolute Gasteiger partial charge is 1.00 e. The molecule has 9 heterocycles. The zero-order valence-electron chi connectivity index (χ0n) is 65.0. The Kier molecular flexibility index (Phi) is 46.9. The van der Waals surface area contributed by atoms with E-state index < -0.39 is 40.8 Å². The summed E-state index contributed by atoms with van der Waals surface area (Å²) in [7, 11) is 5.06. The molecule has 0 radical (unpaired) electrons. The van der Waals surface area contributed by atoms with Gasteiger partial charge in [0.2, 0.25) is 35.0 Å². The normalized spacial score (nSPS) is 13.0. The summed E-state index contributed by atoms with van der Waals surface area (Å²) in [6, 6.07) is 0. The van der Waals surface area contributed by atoms with Gasteiger partial charge in [-0.05, 0) is 87.8 Å². The minimum absolute atomic E-state index is 0. The first-order valence-electron chi connectivity index (χ1n) is 32.4. The molecule has 107 heavy (non-hydrogen) atoms. The predicted octanol–water partition coefficient (Wildman–Crippen LogP) is -5.09. The van der Waals surface area contributed by atoms with Gasteiger partial charge >= 0.3 is 158 Å². The Morgan fingerprint density at radius 1 is 0.477 bits per heavy atom. The van der Waals surface area contributed by atoms with Gasteiger partial charge in [0.15, 0.2) is 0 Å². The van der Waals surface area contributed by atoms with E-state index in [4.69, 9.17) is 50.4 Å². The molecule has 3 fully saturated rings. The van der Waals surface area contributed by atoms with Gasteiger partial charge in [0, 0.05) is 191 Å². The maximum atomic E-state index is 12.1. The zero-order chi connectivity index (χ0) is 75.2. The Labute approximate surface area is 725 Å². The molecule has 6 aromatic heterocycles. The molecule has 0 saturated carbocycles. The fourth-order valence-corrected chi connectivity index (χ4v) is 9.02. The van der Waals surface area contributed by atoms with Gasteiger partial charge in [-0.3, -0.25) is 4.79 Å². The number of aromatic carboxylic acids is 1. The monoisotopic (exact) mass is 1560 g/mol. The number of carbonyl (C=O) groups is 7. The van der Waals surface area contributed by atoms with Crippen LogP contribution in [0.2, 0.25) is 5.28 Å². The third-order valence-electron chi connectivity index (χ3n) is 13.7. The summed E-state index contributed by atoms with van der Waals surface area (Å²) in [5.74, 6) is 1.16. The van der Waals surface area contributed by atoms with Gasteiger partial charge in [-0.25, -0.2) is 88.6 Å². The van der Waals surface area contributed by atoms with E-state index in [0.29, 0.717) is 120 Å². The molecule has 0 unspecified atom stereocenters. The number of nitrogens with zero attached hydrogens (tertiary/aromatic N) is 20. The molecule has 3 amide bonds. The Morgan fingerprint density at radius 3 is 0.925 bits per heavy atom. The van der Waals surface area contributed by atoms with E-state index in [2.05, 4.69) is 89.6 Å². The van der Waals surface area contributed by atoms with Crippen LogP contribution in [0.5, 0.6) is 0 Å². The molecule has 572 valence electrons. The minimum Gasteiger partial charge on any atom is -1.00 e. The Hall–Kier alpha value is -6.83. The summed E-state index contributed by atoms with van der Waals surface area (Å²) >= 11 is 5.42. The van der Waals surface area contributed by atoms with Crippen molar-refractivity contribution in [3.05, 3.63) is 113 Å². The Bertz CT molecular complexity index is 3610. The number of esters is 2. The zero-order valence-corrected chi connectivity index (χ0v) is 71.0. The van der Waals surface area contributed by atoms with E-state index in [9.17, 15) is 28.8 Å². The molecular formula is C65H95ClK2LiN21O17. The Morgan fingerprint density at radius 2 is 0.701 bits per heavy atom. The number of halogens is 1. The number of aromatic nitrogens is 12. The molecule has 42 heteroatoms. The van der Waals surface area contributed by atoms with Crippen LogP contribution in [0.1, 0.15) is 125 Å². The molecule has 3 aliphatic heterocycles. The third kappa shape index (κ3) is 37.0. The summed E-state index contributed by atoms with van der Waals surface area (Å²) in [5, 5.41) is 20.8. The van der Waals surface area contributed by atoms with E-state index in [1.54, 1.807) is 72.2 Å². The summed E-state index contributed by atoms with van der Waals surface area (Å²) < 4.78 is 25.7. The largest absolute Gasteiger partial charge is 1.00 e. The van der Waals surface area contributed by atoms with Crippen molar-refractivity contribution in [2.24, 2.45) is 0 Å². The van der Waals surface area contributed by atoms with Gasteiger partial charge in [0.05, 0.1) is 49.5 Å². The standard InChI is InChI=1S/C22H31N7O4.C20H27N7O4.C15H25N5O2.C7H7ClN2O2.CH2O3.2K.Li.2H2O.H/c1-6-32-18(30)17-13-25-20(26-14-17)29-9-7-28(8-10-29)19-23-11-16(12-24-19)15-27(5)21(31)33-22(2,3)4;1-20(2,3)31-19(30)25(4)13-14-9-21-17(22-10-14)26-5-7-27(8-6-26)18-23-11-15(12-24-18)16(28)29;1-15(2,3)22-14(21)19(4)11-12-9-17-13(18-10-12)20-7-5-16-6-8-20;1-2-12-6(11)5-3-9-7(8)10-4-5;2-1-4-3;;;;;;/h11-14H,6-10,15H2,1-5H3;9-12H,5-8,13H2,1-4H3,(H,28,29);9-10,16H,5-8,11H2,1-4H3;3-4H,2H2,1H3;1,3H;;;;2*1H2;/q;;;;;3*+1;;;-1/p-2. The second kappa shape index (κ2) is 50.1. The van der Waals surface area contributed by atoms with Crippen LogP contribution in [-0.4, -0.2) is 263 Å². The molecule has 9 rings (SSSR count). The van der Waals surface area contributed by atoms with Crippen LogP contribution in [0.25, 0.3) is 0 Å². The molecule has 0 aliphatic carbocycles. The number of carbonyl (C=O) groups excluding carboxylic acids is 6. The topological polar surface area (TPSA) is 472 Å². The van der Waals surface area contributed by atoms with Gasteiger partial charge in [-0.1, -0.05) is 0 Å². The molecule has 0 atom stereocenters. The van der Waals surface area contributed by atoms with Crippen LogP contribution in [0.4, 0.5) is 44.1 Å². The molecule has 38 nitrogen and oxygen atoms in total. The quantitative estimate of drug-likeness (QED) is 0.0164. The van der Waals surface area contributed by atoms with Crippen molar-refractivity contribution in [2.75, 3.05) is 137 Å². The number of nitrogens with one attached hydrogen (secondary N) is 1. The second-order valence-corrected chi connectivity index (χ2v) is 25.9. The SMILES string of the molecule is CCOC(=O)c1cnc(Cl)nc1.CCOC(=O)c1cnc(N2CCN(c3ncc(CN(C)C(=O)OC(C)(C)C)cn3)CC2)nc1.CN(Cc1cnc(N2CCN(c3ncc(C(=O)O)cn3)CC2)nc1)C(=O)OC(C)(C)C.CN(Cc1cnc(N2CCNCC2)nc1)C(=O)OC(C)(C)C.O.O=CO[O-].[H-].[K+].[K+].[Li+].[OH-]. The molecule has 0 aromatic carbocycles. The molecule has 0 bridgehead atoms. The molecule has 6 aromatic rings. The van der Waals surface area contributed by atoms with E-state index in [1.807, 2.05) is 67.2 Å². The van der Waals surface area contributed by atoms with Crippen molar-refractivity contribution >= 4 is 84.0 Å². The third-order valence-corrected chi connectivity index (χ3v) is 13.9. The number of amides is 3. The Balaban J connectivity index is 0. The van der Waals surface area contributed by atoms with Crippen molar-refractivity contribution < 1.29 is 207 Å². The number of anilines is 5. The molecular weight excluding hydrogens is 1470 g/mol. The van der Waals surface area contributed by atoms with Gasteiger partial charge < -0.3 is 95.8 Å². The number of hydrogen-bond donors (Lipinski definition) is 2. The maximum absolute atomic E-state index is 12.1. The fourth-order valence-electron chi connectivity index (χ4n) is 8.92. The van der Waals surface area contributed by atoms with Crippen molar-refractivity contribution in [2.45, 2.75) is 113 Å². The first kappa shape index (κ1) is 100. The fraction of sp³-hybridized carbons (Fsp3) is 0.523. The summed E-state index contributed by atoms with van der Waals surface area (Å²) in [6.07, 6.45) is 17.5. The van der Waals surface area contributed by atoms with Crippen molar-refractivity contribution in [1.82, 2.24) is 79.8 Å². The molecule has 3 saturated heterocycles. The van der Waals surface area contributed by atoms with Crippen LogP contribution >= 0.6 is 11.6 Å². The predicted molar refractivity (Wildman–Crippen MR) is 377 cm³/mol. The van der Waals surface area contributed by atoms with E-state index in [0.717, 1.165) is 48.8 Å². The maximum Gasteiger partial charge on any atom is 1.00 e. The summed E-state index contributed by atoms with van der Waals surface area (Å²) in [5.41, 5.74) is 1.64.